The predicted molar refractivity (Wildman–Crippen MR) is 69.7 cm³/mol. The van der Waals surface area contributed by atoms with Crippen molar-refractivity contribution in [3.05, 3.63) is 41.5 Å². The molecule has 0 radical (unpaired) electrons. The summed E-state index contributed by atoms with van der Waals surface area (Å²) >= 11 is 0. The van der Waals surface area contributed by atoms with Crippen molar-refractivity contribution in [2.75, 3.05) is 0 Å². The quantitative estimate of drug-likeness (QED) is 0.899. The van der Waals surface area contributed by atoms with Gasteiger partial charge in [-0.1, -0.05) is 19.9 Å². The summed E-state index contributed by atoms with van der Waals surface area (Å²) < 4.78 is 24.0. The minimum Gasteiger partial charge on any atom is -0.417 e. The van der Waals surface area contributed by atoms with Gasteiger partial charge in [0.1, 0.15) is 6.26 Å². The Morgan fingerprint density at radius 3 is 2.95 bits per heavy atom. The van der Waals surface area contributed by atoms with Crippen molar-refractivity contribution in [3.8, 4) is 11.8 Å². The van der Waals surface area contributed by atoms with E-state index in [9.17, 15) is 4.39 Å². The van der Waals surface area contributed by atoms with E-state index >= 15 is 0 Å². The third kappa shape index (κ3) is 3.79. The van der Waals surface area contributed by atoms with E-state index in [1.54, 1.807) is 12.1 Å². The van der Waals surface area contributed by atoms with E-state index in [-0.39, 0.29) is 11.8 Å². The molecule has 0 atom stereocenters. The first kappa shape index (κ1) is 13.5. The van der Waals surface area contributed by atoms with Crippen LogP contribution in [-0.4, -0.2) is 11.0 Å². The molecule has 0 unspecified atom stereocenters. The van der Waals surface area contributed by atoms with Crippen molar-refractivity contribution < 1.29 is 13.5 Å². The molecule has 19 heavy (non-hydrogen) atoms. The Balaban J connectivity index is 2.05. The molecule has 1 N–H and O–H groups in total. The highest BCUT2D eigenvalue weighted by molar-refractivity contribution is 5.31. The summed E-state index contributed by atoms with van der Waals surface area (Å²) in [6.07, 6.45) is 1.54. The zero-order valence-electron chi connectivity index (χ0n) is 11.2. The first-order valence-corrected chi connectivity index (χ1v) is 6.16. The number of halogens is 1. The third-order valence-corrected chi connectivity index (χ3v) is 2.51. The van der Waals surface area contributed by atoms with Crippen LogP contribution in [0.25, 0.3) is 0 Å². The Morgan fingerprint density at radius 2 is 2.21 bits per heavy atom. The second-order valence-corrected chi connectivity index (χ2v) is 4.68. The molecule has 2 aromatic rings. The van der Waals surface area contributed by atoms with Crippen LogP contribution in [-0.2, 0) is 6.54 Å². The Bertz CT molecular complexity index is 552. The lowest BCUT2D eigenvalue weighted by molar-refractivity contribution is 0.318. The number of aromatic nitrogens is 1. The number of rotatable bonds is 5. The van der Waals surface area contributed by atoms with E-state index in [1.165, 1.54) is 12.3 Å². The lowest BCUT2D eigenvalue weighted by Crippen LogP contribution is -2.21. The second-order valence-electron chi connectivity index (χ2n) is 4.68. The standard InChI is InChI=1S/C14H17FN2O2/c1-9(2)16-7-11-8-18-14(17-11)19-13-6-10(3)4-5-12(13)15/h4-6,8-9,16H,7H2,1-3H3. The molecule has 0 saturated heterocycles. The van der Waals surface area contributed by atoms with Crippen molar-refractivity contribution >= 4 is 0 Å². The number of nitrogens with one attached hydrogen (secondary N) is 1. The lowest BCUT2D eigenvalue weighted by Gasteiger charge is -2.04. The highest BCUT2D eigenvalue weighted by Crippen LogP contribution is 2.24. The molecule has 5 heteroatoms. The number of oxazole rings is 1. The van der Waals surface area contributed by atoms with Crippen molar-refractivity contribution in [3.63, 3.8) is 0 Å². The molecule has 0 aliphatic rings. The largest absolute Gasteiger partial charge is 0.417 e. The molecule has 0 aliphatic heterocycles. The van der Waals surface area contributed by atoms with Crippen LogP contribution in [0.15, 0.2) is 28.9 Å². The van der Waals surface area contributed by atoms with E-state index in [1.807, 2.05) is 20.8 Å². The van der Waals surface area contributed by atoms with E-state index in [0.29, 0.717) is 12.6 Å². The number of aryl methyl sites for hydroxylation is 1. The van der Waals surface area contributed by atoms with Crippen LogP contribution in [0.1, 0.15) is 25.1 Å². The molecule has 1 heterocycles. The number of hydrogen-bond acceptors (Lipinski definition) is 4. The van der Waals surface area contributed by atoms with Crippen LogP contribution in [0.4, 0.5) is 4.39 Å². The molecule has 0 amide bonds. The van der Waals surface area contributed by atoms with Gasteiger partial charge in [-0.15, -0.1) is 0 Å². The van der Waals surface area contributed by atoms with Gasteiger partial charge in [0.25, 0.3) is 0 Å². The highest BCUT2D eigenvalue weighted by Gasteiger charge is 2.10. The fourth-order valence-corrected chi connectivity index (χ4v) is 1.51. The van der Waals surface area contributed by atoms with Crippen LogP contribution in [0.3, 0.4) is 0 Å². The van der Waals surface area contributed by atoms with E-state index < -0.39 is 5.82 Å². The SMILES string of the molecule is Cc1ccc(F)c(Oc2nc(CNC(C)C)co2)c1. The minimum atomic E-state index is -0.439. The molecular formula is C14H17FN2O2. The predicted octanol–water partition coefficient (Wildman–Crippen LogP) is 3.41. The summed E-state index contributed by atoms with van der Waals surface area (Å²) in [6, 6.07) is 4.99. The second kappa shape index (κ2) is 5.84. The summed E-state index contributed by atoms with van der Waals surface area (Å²) in [5, 5.41) is 3.21. The normalized spacial score (nSPS) is 11.0. The summed E-state index contributed by atoms with van der Waals surface area (Å²) in [5.74, 6) is -0.323. The first-order chi connectivity index (χ1) is 9.04. The number of benzene rings is 1. The zero-order valence-corrected chi connectivity index (χ0v) is 11.2. The van der Waals surface area contributed by atoms with Gasteiger partial charge in [0, 0.05) is 12.6 Å². The van der Waals surface area contributed by atoms with Gasteiger partial charge in [0.05, 0.1) is 5.69 Å². The van der Waals surface area contributed by atoms with Crippen molar-refractivity contribution in [1.82, 2.24) is 10.3 Å². The number of nitrogens with zero attached hydrogens (tertiary/aromatic N) is 1. The summed E-state index contributed by atoms with van der Waals surface area (Å²) in [5.41, 5.74) is 1.63. The van der Waals surface area contributed by atoms with Gasteiger partial charge in [0.2, 0.25) is 0 Å². The summed E-state index contributed by atoms with van der Waals surface area (Å²) in [4.78, 5) is 4.13. The van der Waals surface area contributed by atoms with E-state index in [2.05, 4.69) is 10.3 Å². The van der Waals surface area contributed by atoms with Crippen molar-refractivity contribution in [1.29, 1.82) is 0 Å². The average Bonchev–Trinajstić information content (AvgIpc) is 2.79. The van der Waals surface area contributed by atoms with Gasteiger partial charge in [-0.25, -0.2) is 4.39 Å². The Labute approximate surface area is 111 Å². The average molecular weight is 264 g/mol. The summed E-state index contributed by atoms with van der Waals surface area (Å²) in [7, 11) is 0. The molecular weight excluding hydrogens is 247 g/mol. The molecule has 102 valence electrons. The van der Waals surface area contributed by atoms with Gasteiger partial charge in [-0.05, 0) is 24.6 Å². The highest BCUT2D eigenvalue weighted by atomic mass is 19.1. The van der Waals surface area contributed by atoms with Crippen LogP contribution >= 0.6 is 0 Å². The molecule has 1 aromatic heterocycles. The summed E-state index contributed by atoms with van der Waals surface area (Å²) in [6.45, 7) is 6.53. The molecule has 4 nitrogen and oxygen atoms in total. The Kier molecular flexibility index (Phi) is 4.16. The number of hydrogen-bond donors (Lipinski definition) is 1. The smallest absolute Gasteiger partial charge is 0.399 e. The molecule has 2 rings (SSSR count). The maximum Gasteiger partial charge on any atom is 0.399 e. The lowest BCUT2D eigenvalue weighted by atomic mass is 10.2. The Hall–Kier alpha value is -1.88. The van der Waals surface area contributed by atoms with Crippen molar-refractivity contribution in [2.45, 2.75) is 33.4 Å². The van der Waals surface area contributed by atoms with Gasteiger partial charge >= 0.3 is 6.08 Å². The fraction of sp³-hybridized carbons (Fsp3) is 0.357. The zero-order chi connectivity index (χ0) is 13.8. The van der Waals surface area contributed by atoms with Crippen LogP contribution in [0.5, 0.6) is 11.8 Å². The maximum atomic E-state index is 13.5. The molecule has 1 aromatic carbocycles. The maximum absolute atomic E-state index is 13.5. The van der Waals surface area contributed by atoms with Crippen LogP contribution in [0.2, 0.25) is 0 Å². The van der Waals surface area contributed by atoms with Crippen molar-refractivity contribution in [2.24, 2.45) is 0 Å². The van der Waals surface area contributed by atoms with E-state index in [0.717, 1.165) is 11.3 Å². The molecule has 0 aliphatic carbocycles. The van der Waals surface area contributed by atoms with Gasteiger partial charge in [0.15, 0.2) is 11.6 Å². The van der Waals surface area contributed by atoms with Gasteiger partial charge in [-0.3, -0.25) is 0 Å². The monoisotopic (exact) mass is 264 g/mol. The molecule has 0 bridgehead atoms. The van der Waals surface area contributed by atoms with Crippen LogP contribution in [0, 0.1) is 12.7 Å². The van der Waals surface area contributed by atoms with Gasteiger partial charge in [-0.2, -0.15) is 4.98 Å². The number of ether oxygens (including phenoxy) is 1. The first-order valence-electron chi connectivity index (χ1n) is 6.16. The molecule has 0 fully saturated rings. The molecule has 0 saturated carbocycles. The molecule has 0 spiro atoms. The van der Waals surface area contributed by atoms with Gasteiger partial charge < -0.3 is 14.5 Å². The fourth-order valence-electron chi connectivity index (χ4n) is 1.51. The Morgan fingerprint density at radius 1 is 1.42 bits per heavy atom. The van der Waals surface area contributed by atoms with Crippen LogP contribution < -0.4 is 10.1 Å². The topological polar surface area (TPSA) is 47.3 Å². The minimum absolute atomic E-state index is 0.0463. The third-order valence-electron chi connectivity index (χ3n) is 2.51. The van der Waals surface area contributed by atoms with E-state index in [4.69, 9.17) is 9.15 Å².